The van der Waals surface area contributed by atoms with Gasteiger partial charge in [0.15, 0.2) is 0 Å². The van der Waals surface area contributed by atoms with Gasteiger partial charge in [0, 0.05) is 40.7 Å². The SMILES string of the molecule is Cc1csc(-c2cccc(NC(=O)CCNC(=O)C(C)(C)C)c2)n1. The fourth-order valence-corrected chi connectivity index (χ4v) is 2.79. The predicted molar refractivity (Wildman–Crippen MR) is 98.0 cm³/mol. The smallest absolute Gasteiger partial charge is 0.226 e. The zero-order valence-corrected chi connectivity index (χ0v) is 15.3. The largest absolute Gasteiger partial charge is 0.355 e. The molecular formula is C18H23N3O2S. The number of hydrogen-bond acceptors (Lipinski definition) is 4. The van der Waals surface area contributed by atoms with Crippen LogP contribution in [0.25, 0.3) is 10.6 Å². The average molecular weight is 345 g/mol. The molecule has 0 aliphatic carbocycles. The summed E-state index contributed by atoms with van der Waals surface area (Å²) in [5.74, 6) is -0.187. The molecule has 0 saturated carbocycles. The minimum absolute atomic E-state index is 0.0589. The van der Waals surface area contributed by atoms with Crippen molar-refractivity contribution in [3.05, 3.63) is 35.3 Å². The number of nitrogens with one attached hydrogen (secondary N) is 2. The maximum Gasteiger partial charge on any atom is 0.226 e. The third kappa shape index (κ3) is 5.16. The Labute approximate surface area is 146 Å². The molecule has 0 aliphatic heterocycles. The number of nitrogens with zero attached hydrogens (tertiary/aromatic N) is 1. The van der Waals surface area contributed by atoms with Crippen LogP contribution in [0.4, 0.5) is 5.69 Å². The average Bonchev–Trinajstić information content (AvgIpc) is 2.93. The quantitative estimate of drug-likeness (QED) is 0.869. The molecule has 0 spiro atoms. The summed E-state index contributed by atoms with van der Waals surface area (Å²) in [5, 5.41) is 8.56. The zero-order valence-electron chi connectivity index (χ0n) is 14.5. The number of aryl methyl sites for hydroxylation is 1. The van der Waals surface area contributed by atoms with E-state index >= 15 is 0 Å². The van der Waals surface area contributed by atoms with E-state index in [2.05, 4.69) is 15.6 Å². The van der Waals surface area contributed by atoms with Gasteiger partial charge in [-0.05, 0) is 19.1 Å². The van der Waals surface area contributed by atoms with E-state index in [-0.39, 0.29) is 18.2 Å². The summed E-state index contributed by atoms with van der Waals surface area (Å²) in [4.78, 5) is 28.2. The Kier molecular flexibility index (Phi) is 5.72. The highest BCUT2D eigenvalue weighted by molar-refractivity contribution is 7.13. The van der Waals surface area contributed by atoms with E-state index in [4.69, 9.17) is 0 Å². The summed E-state index contributed by atoms with van der Waals surface area (Å²) < 4.78 is 0. The Balaban J connectivity index is 1.89. The van der Waals surface area contributed by atoms with Gasteiger partial charge in [-0.1, -0.05) is 32.9 Å². The molecule has 1 aromatic heterocycles. The molecule has 0 atom stereocenters. The van der Waals surface area contributed by atoms with Crippen LogP contribution >= 0.6 is 11.3 Å². The van der Waals surface area contributed by atoms with E-state index in [9.17, 15) is 9.59 Å². The maximum atomic E-state index is 12.0. The standard InChI is InChI=1S/C18H23N3O2S/c1-12-11-24-16(20-12)13-6-5-7-14(10-13)21-15(22)8-9-19-17(23)18(2,3)4/h5-7,10-11H,8-9H2,1-4H3,(H,19,23)(H,21,22). The third-order valence-electron chi connectivity index (χ3n) is 3.33. The van der Waals surface area contributed by atoms with Gasteiger partial charge in [-0.15, -0.1) is 11.3 Å². The molecule has 1 heterocycles. The van der Waals surface area contributed by atoms with Crippen LogP contribution < -0.4 is 10.6 Å². The van der Waals surface area contributed by atoms with Gasteiger partial charge in [-0.25, -0.2) is 4.98 Å². The number of hydrogen-bond donors (Lipinski definition) is 2. The summed E-state index contributed by atoms with van der Waals surface area (Å²) in [6.45, 7) is 7.81. The molecule has 128 valence electrons. The molecule has 2 rings (SSSR count). The van der Waals surface area contributed by atoms with Crippen molar-refractivity contribution in [2.45, 2.75) is 34.1 Å². The van der Waals surface area contributed by atoms with Gasteiger partial charge in [0.2, 0.25) is 11.8 Å². The van der Waals surface area contributed by atoms with Crippen molar-refractivity contribution in [1.29, 1.82) is 0 Å². The lowest BCUT2D eigenvalue weighted by molar-refractivity contribution is -0.128. The van der Waals surface area contributed by atoms with Crippen LogP contribution in [0, 0.1) is 12.3 Å². The van der Waals surface area contributed by atoms with Gasteiger partial charge in [-0.3, -0.25) is 9.59 Å². The molecule has 5 nitrogen and oxygen atoms in total. The second-order valence-electron chi connectivity index (χ2n) is 6.68. The minimum atomic E-state index is -0.448. The van der Waals surface area contributed by atoms with Crippen molar-refractivity contribution >= 4 is 28.8 Å². The molecule has 0 aliphatic rings. The van der Waals surface area contributed by atoms with E-state index in [1.807, 2.05) is 57.3 Å². The highest BCUT2D eigenvalue weighted by Gasteiger charge is 2.20. The van der Waals surface area contributed by atoms with Crippen molar-refractivity contribution in [2.24, 2.45) is 5.41 Å². The van der Waals surface area contributed by atoms with Crippen LogP contribution in [0.3, 0.4) is 0 Å². The van der Waals surface area contributed by atoms with Gasteiger partial charge in [0.1, 0.15) is 5.01 Å². The number of aromatic nitrogens is 1. The van der Waals surface area contributed by atoms with Gasteiger partial charge in [0.25, 0.3) is 0 Å². The van der Waals surface area contributed by atoms with Crippen LogP contribution in [0.15, 0.2) is 29.6 Å². The number of thiazole rings is 1. The van der Waals surface area contributed by atoms with E-state index in [1.165, 1.54) is 0 Å². The molecule has 0 radical (unpaired) electrons. The Morgan fingerprint density at radius 3 is 2.62 bits per heavy atom. The summed E-state index contributed by atoms with van der Waals surface area (Å²) >= 11 is 1.58. The number of anilines is 1. The molecule has 0 fully saturated rings. The van der Waals surface area contributed by atoms with Crippen LogP contribution in [-0.2, 0) is 9.59 Å². The van der Waals surface area contributed by atoms with E-state index in [0.29, 0.717) is 6.54 Å². The van der Waals surface area contributed by atoms with Crippen LogP contribution in [0.5, 0.6) is 0 Å². The Morgan fingerprint density at radius 2 is 2.00 bits per heavy atom. The monoisotopic (exact) mass is 345 g/mol. The lowest BCUT2D eigenvalue weighted by Gasteiger charge is -2.17. The van der Waals surface area contributed by atoms with E-state index in [1.54, 1.807) is 11.3 Å². The van der Waals surface area contributed by atoms with Crippen molar-refractivity contribution in [3.63, 3.8) is 0 Å². The number of benzene rings is 1. The van der Waals surface area contributed by atoms with Gasteiger partial charge in [0.05, 0.1) is 0 Å². The minimum Gasteiger partial charge on any atom is -0.355 e. The van der Waals surface area contributed by atoms with E-state index in [0.717, 1.165) is 22.0 Å². The van der Waals surface area contributed by atoms with Crippen LogP contribution in [-0.4, -0.2) is 23.3 Å². The van der Waals surface area contributed by atoms with E-state index < -0.39 is 5.41 Å². The topological polar surface area (TPSA) is 71.1 Å². The molecule has 2 amide bonds. The number of carbonyl (C=O) groups excluding carboxylic acids is 2. The Morgan fingerprint density at radius 1 is 1.25 bits per heavy atom. The molecule has 2 N–H and O–H groups in total. The highest BCUT2D eigenvalue weighted by atomic mass is 32.1. The number of carbonyl (C=O) groups is 2. The first-order valence-corrected chi connectivity index (χ1v) is 8.74. The van der Waals surface area contributed by atoms with Crippen LogP contribution in [0.1, 0.15) is 32.9 Å². The molecule has 0 bridgehead atoms. The van der Waals surface area contributed by atoms with Gasteiger partial charge < -0.3 is 10.6 Å². The van der Waals surface area contributed by atoms with Crippen molar-refractivity contribution in [1.82, 2.24) is 10.3 Å². The van der Waals surface area contributed by atoms with Crippen molar-refractivity contribution in [2.75, 3.05) is 11.9 Å². The molecule has 0 saturated heterocycles. The second-order valence-corrected chi connectivity index (χ2v) is 7.54. The summed E-state index contributed by atoms with van der Waals surface area (Å²) in [7, 11) is 0. The lowest BCUT2D eigenvalue weighted by Crippen LogP contribution is -2.36. The second kappa shape index (κ2) is 7.57. The van der Waals surface area contributed by atoms with Crippen LogP contribution in [0.2, 0.25) is 0 Å². The zero-order chi connectivity index (χ0) is 17.7. The predicted octanol–water partition coefficient (Wildman–Crippen LogP) is 3.61. The fourth-order valence-electron chi connectivity index (χ4n) is 1.99. The number of rotatable bonds is 5. The first-order chi connectivity index (χ1) is 11.3. The lowest BCUT2D eigenvalue weighted by atomic mass is 9.96. The molecule has 6 heteroatoms. The Hall–Kier alpha value is -2.21. The molecule has 0 unspecified atom stereocenters. The van der Waals surface area contributed by atoms with Crippen molar-refractivity contribution < 1.29 is 9.59 Å². The molecular weight excluding hydrogens is 322 g/mol. The van der Waals surface area contributed by atoms with Gasteiger partial charge >= 0.3 is 0 Å². The maximum absolute atomic E-state index is 12.0. The Bertz CT molecular complexity index is 732. The first-order valence-electron chi connectivity index (χ1n) is 7.86. The fraction of sp³-hybridized carbons (Fsp3) is 0.389. The highest BCUT2D eigenvalue weighted by Crippen LogP contribution is 2.25. The molecule has 2 aromatic rings. The number of amides is 2. The first kappa shape index (κ1) is 18.1. The third-order valence-corrected chi connectivity index (χ3v) is 4.34. The normalized spacial score (nSPS) is 11.2. The summed E-state index contributed by atoms with van der Waals surface area (Å²) in [6, 6.07) is 7.61. The summed E-state index contributed by atoms with van der Waals surface area (Å²) in [6.07, 6.45) is 0.238. The van der Waals surface area contributed by atoms with Crippen molar-refractivity contribution in [3.8, 4) is 10.6 Å². The van der Waals surface area contributed by atoms with Gasteiger partial charge in [-0.2, -0.15) is 0 Å². The molecule has 24 heavy (non-hydrogen) atoms. The molecule has 1 aromatic carbocycles. The summed E-state index contributed by atoms with van der Waals surface area (Å²) in [5.41, 5.74) is 2.25.